The first-order valence-electron chi connectivity index (χ1n) is 5.65. The summed E-state index contributed by atoms with van der Waals surface area (Å²) in [5, 5.41) is 9.79. The van der Waals surface area contributed by atoms with Crippen LogP contribution in [0.1, 0.15) is 20.9 Å². The molecule has 19 heavy (non-hydrogen) atoms. The van der Waals surface area contributed by atoms with Crippen LogP contribution in [-0.4, -0.2) is 28.0 Å². The Morgan fingerprint density at radius 3 is 2.58 bits per heavy atom. The lowest BCUT2D eigenvalue weighted by atomic mass is 10.1. The maximum atomic E-state index is 10.7. The van der Waals surface area contributed by atoms with Gasteiger partial charge in [0.25, 0.3) is 0 Å². The molecule has 0 atom stereocenters. The second kappa shape index (κ2) is 6.14. The maximum absolute atomic E-state index is 10.7. The van der Waals surface area contributed by atoms with Crippen molar-refractivity contribution in [3.8, 4) is 0 Å². The number of hydrogen-bond acceptors (Lipinski definition) is 4. The van der Waals surface area contributed by atoms with Crippen LogP contribution < -0.4 is 0 Å². The van der Waals surface area contributed by atoms with Gasteiger partial charge in [0.15, 0.2) is 0 Å². The topological polar surface area (TPSA) is 53.4 Å². The van der Waals surface area contributed by atoms with E-state index in [9.17, 15) is 4.79 Å². The van der Waals surface area contributed by atoms with E-state index in [1.54, 1.807) is 18.3 Å². The lowest BCUT2D eigenvalue weighted by Crippen LogP contribution is -2.17. The number of hydrogen-bond donors (Lipinski definition) is 1. The third kappa shape index (κ3) is 4.02. The van der Waals surface area contributed by atoms with Gasteiger partial charge in [-0.1, -0.05) is 23.7 Å². The van der Waals surface area contributed by atoms with E-state index in [1.807, 2.05) is 19.2 Å². The Labute approximate surface area is 120 Å². The Bertz CT molecular complexity index is 568. The van der Waals surface area contributed by atoms with E-state index in [0.29, 0.717) is 9.90 Å². The SMILES string of the molecule is CN(Cc1ccc(C(=O)O)cc1)Cc1ncc(Cl)s1. The lowest BCUT2D eigenvalue weighted by molar-refractivity contribution is 0.0697. The molecule has 0 spiro atoms. The molecule has 1 heterocycles. The van der Waals surface area contributed by atoms with Gasteiger partial charge >= 0.3 is 5.97 Å². The third-order valence-corrected chi connectivity index (χ3v) is 3.68. The zero-order chi connectivity index (χ0) is 13.8. The van der Waals surface area contributed by atoms with Crippen molar-refractivity contribution in [2.24, 2.45) is 0 Å². The summed E-state index contributed by atoms with van der Waals surface area (Å²) in [7, 11) is 1.99. The molecular weight excluding hydrogens is 284 g/mol. The summed E-state index contributed by atoms with van der Waals surface area (Å²) in [6, 6.07) is 6.89. The van der Waals surface area contributed by atoms with Crippen LogP contribution in [0.15, 0.2) is 30.5 Å². The molecule has 2 rings (SSSR count). The lowest BCUT2D eigenvalue weighted by Gasteiger charge is -2.15. The molecule has 0 aliphatic rings. The zero-order valence-electron chi connectivity index (χ0n) is 10.3. The standard InChI is InChI=1S/C13H13ClN2O2S/c1-16(8-12-15-6-11(14)19-12)7-9-2-4-10(5-3-9)13(17)18/h2-6H,7-8H2,1H3,(H,17,18). The number of benzene rings is 1. The van der Waals surface area contributed by atoms with Crippen LogP contribution >= 0.6 is 22.9 Å². The number of nitrogens with zero attached hydrogens (tertiary/aromatic N) is 2. The highest BCUT2D eigenvalue weighted by Crippen LogP contribution is 2.19. The number of carboxylic acids is 1. The Morgan fingerprint density at radius 1 is 1.37 bits per heavy atom. The van der Waals surface area contributed by atoms with Gasteiger partial charge in [0.05, 0.1) is 18.3 Å². The van der Waals surface area contributed by atoms with E-state index in [4.69, 9.17) is 16.7 Å². The van der Waals surface area contributed by atoms with Gasteiger partial charge in [0.1, 0.15) is 9.34 Å². The number of rotatable bonds is 5. The second-order valence-corrected chi connectivity index (χ2v) is 5.98. The number of halogens is 1. The third-order valence-electron chi connectivity index (χ3n) is 2.58. The molecule has 6 heteroatoms. The second-order valence-electron chi connectivity index (χ2n) is 4.23. The molecule has 0 bridgehead atoms. The van der Waals surface area contributed by atoms with Gasteiger partial charge in [-0.05, 0) is 24.7 Å². The Hall–Kier alpha value is -1.43. The van der Waals surface area contributed by atoms with E-state index in [1.165, 1.54) is 11.3 Å². The van der Waals surface area contributed by atoms with E-state index in [-0.39, 0.29) is 0 Å². The molecule has 0 fully saturated rings. The largest absolute Gasteiger partial charge is 0.478 e. The van der Waals surface area contributed by atoms with E-state index >= 15 is 0 Å². The van der Waals surface area contributed by atoms with Crippen molar-refractivity contribution >= 4 is 28.9 Å². The Morgan fingerprint density at radius 2 is 2.05 bits per heavy atom. The molecule has 0 amide bonds. The quantitative estimate of drug-likeness (QED) is 0.921. The average molecular weight is 297 g/mol. The summed E-state index contributed by atoms with van der Waals surface area (Å²) in [5.74, 6) is -0.905. The maximum Gasteiger partial charge on any atom is 0.335 e. The summed E-state index contributed by atoms with van der Waals surface area (Å²) < 4.78 is 0.689. The van der Waals surface area contributed by atoms with Gasteiger partial charge in [-0.2, -0.15) is 0 Å². The normalized spacial score (nSPS) is 10.9. The van der Waals surface area contributed by atoms with Crippen LogP contribution in [0, 0.1) is 0 Å². The molecule has 0 aliphatic carbocycles. The molecular formula is C13H13ClN2O2S. The minimum Gasteiger partial charge on any atom is -0.478 e. The summed E-state index contributed by atoms with van der Waals surface area (Å²) in [4.78, 5) is 17.1. The van der Waals surface area contributed by atoms with Crippen LogP contribution in [0.3, 0.4) is 0 Å². The first-order chi connectivity index (χ1) is 9.04. The fourth-order valence-electron chi connectivity index (χ4n) is 1.71. The van der Waals surface area contributed by atoms with Crippen molar-refractivity contribution in [1.29, 1.82) is 0 Å². The molecule has 1 aromatic heterocycles. The Kier molecular flexibility index (Phi) is 4.52. The highest BCUT2D eigenvalue weighted by atomic mass is 35.5. The first kappa shape index (κ1) is 14.0. The monoisotopic (exact) mass is 296 g/mol. The van der Waals surface area contributed by atoms with E-state index in [2.05, 4.69) is 9.88 Å². The van der Waals surface area contributed by atoms with Crippen LogP contribution in [-0.2, 0) is 13.1 Å². The van der Waals surface area contributed by atoms with Gasteiger partial charge in [0.2, 0.25) is 0 Å². The van der Waals surface area contributed by atoms with Crippen molar-refractivity contribution in [1.82, 2.24) is 9.88 Å². The first-order valence-corrected chi connectivity index (χ1v) is 6.85. The van der Waals surface area contributed by atoms with Gasteiger partial charge in [-0.3, -0.25) is 4.90 Å². The fraction of sp³-hybridized carbons (Fsp3) is 0.231. The van der Waals surface area contributed by atoms with Crippen LogP contribution in [0.2, 0.25) is 4.34 Å². The molecule has 0 radical (unpaired) electrons. The summed E-state index contributed by atoms with van der Waals surface area (Å²) in [5.41, 5.74) is 1.37. The van der Waals surface area contributed by atoms with Crippen molar-refractivity contribution in [3.05, 3.63) is 50.9 Å². The van der Waals surface area contributed by atoms with Gasteiger partial charge in [0, 0.05) is 6.54 Å². The molecule has 0 saturated heterocycles. The fourth-order valence-corrected chi connectivity index (χ4v) is 2.75. The van der Waals surface area contributed by atoms with E-state index < -0.39 is 5.97 Å². The average Bonchev–Trinajstić information content (AvgIpc) is 2.75. The molecule has 100 valence electrons. The molecule has 0 aliphatic heterocycles. The highest BCUT2D eigenvalue weighted by Gasteiger charge is 2.07. The smallest absolute Gasteiger partial charge is 0.335 e. The molecule has 0 saturated carbocycles. The number of aromatic nitrogens is 1. The summed E-state index contributed by atoms with van der Waals surface area (Å²) in [6.07, 6.45) is 1.65. The minimum absolute atomic E-state index is 0.304. The van der Waals surface area contributed by atoms with Crippen molar-refractivity contribution in [3.63, 3.8) is 0 Å². The predicted molar refractivity (Wildman–Crippen MR) is 75.7 cm³/mol. The van der Waals surface area contributed by atoms with Crippen LogP contribution in [0.5, 0.6) is 0 Å². The van der Waals surface area contributed by atoms with Crippen molar-refractivity contribution in [2.75, 3.05) is 7.05 Å². The zero-order valence-corrected chi connectivity index (χ0v) is 11.9. The van der Waals surface area contributed by atoms with Crippen molar-refractivity contribution < 1.29 is 9.90 Å². The molecule has 2 aromatic rings. The molecule has 4 nitrogen and oxygen atoms in total. The van der Waals surface area contributed by atoms with E-state index in [0.717, 1.165) is 23.7 Å². The Balaban J connectivity index is 1.94. The molecule has 1 N–H and O–H groups in total. The predicted octanol–water partition coefficient (Wildman–Crippen LogP) is 3.13. The highest BCUT2D eigenvalue weighted by molar-refractivity contribution is 7.15. The summed E-state index contributed by atoms with van der Waals surface area (Å²) in [6.45, 7) is 1.45. The van der Waals surface area contributed by atoms with Crippen LogP contribution in [0.4, 0.5) is 0 Å². The number of carbonyl (C=O) groups is 1. The van der Waals surface area contributed by atoms with Gasteiger partial charge < -0.3 is 5.11 Å². The molecule has 1 aromatic carbocycles. The van der Waals surface area contributed by atoms with Gasteiger partial charge in [-0.15, -0.1) is 11.3 Å². The van der Waals surface area contributed by atoms with Crippen LogP contribution in [0.25, 0.3) is 0 Å². The minimum atomic E-state index is -0.905. The van der Waals surface area contributed by atoms with Crippen molar-refractivity contribution in [2.45, 2.75) is 13.1 Å². The number of thiazole rings is 1. The number of carboxylic acid groups (broad SMARTS) is 1. The van der Waals surface area contributed by atoms with Gasteiger partial charge in [-0.25, -0.2) is 9.78 Å². The number of aromatic carboxylic acids is 1. The molecule has 0 unspecified atom stereocenters. The summed E-state index contributed by atoms with van der Waals surface area (Å²) >= 11 is 7.30.